The Bertz CT molecular complexity index is 415. The first-order valence-electron chi connectivity index (χ1n) is 6.61. The molecule has 0 amide bonds. The van der Waals surface area contributed by atoms with Crippen LogP contribution in [0.25, 0.3) is 0 Å². The average Bonchev–Trinajstić information content (AvgIpc) is 2.34. The molecule has 1 aromatic carbocycles. The Morgan fingerprint density at radius 1 is 1.39 bits per heavy atom. The lowest BCUT2D eigenvalue weighted by molar-refractivity contribution is 0.305. The number of hydrogen-bond acceptors (Lipinski definition) is 2. The zero-order chi connectivity index (χ0) is 13.6. The molecule has 0 radical (unpaired) electrons. The number of nitrogens with zero attached hydrogens (tertiary/aromatic N) is 1. The summed E-state index contributed by atoms with van der Waals surface area (Å²) in [6.45, 7) is 9.66. The maximum absolute atomic E-state index is 8.65. The van der Waals surface area contributed by atoms with Crippen LogP contribution in [0.2, 0.25) is 0 Å². The Morgan fingerprint density at radius 3 is 2.72 bits per heavy atom. The van der Waals surface area contributed by atoms with Gasteiger partial charge in [-0.05, 0) is 31.2 Å². The molecule has 98 valence electrons. The summed E-state index contributed by atoms with van der Waals surface area (Å²) in [4.78, 5) is 0. The zero-order valence-electron chi connectivity index (χ0n) is 12.0. The highest BCUT2D eigenvalue weighted by atomic mass is 14.9. The van der Waals surface area contributed by atoms with Crippen LogP contribution in [0.5, 0.6) is 0 Å². The molecule has 0 aliphatic carbocycles. The number of benzene rings is 1. The lowest BCUT2D eigenvalue weighted by Gasteiger charge is -2.26. The number of aryl methyl sites for hydroxylation is 1. The van der Waals surface area contributed by atoms with Gasteiger partial charge in [0.15, 0.2) is 0 Å². The molecular weight excluding hydrogens is 220 g/mol. The quantitative estimate of drug-likeness (QED) is 0.821. The van der Waals surface area contributed by atoms with E-state index >= 15 is 0 Å². The normalized spacial score (nSPS) is 13.1. The fourth-order valence-corrected chi connectivity index (χ4v) is 1.97. The highest BCUT2D eigenvalue weighted by Gasteiger charge is 2.18. The Morgan fingerprint density at radius 2 is 2.11 bits per heavy atom. The summed E-state index contributed by atoms with van der Waals surface area (Å²) >= 11 is 0. The van der Waals surface area contributed by atoms with E-state index in [1.807, 2.05) is 0 Å². The van der Waals surface area contributed by atoms with Crippen LogP contribution in [0.3, 0.4) is 0 Å². The van der Waals surface area contributed by atoms with Crippen molar-refractivity contribution in [1.29, 1.82) is 5.26 Å². The second-order valence-electron chi connectivity index (χ2n) is 5.84. The second kappa shape index (κ2) is 6.56. The van der Waals surface area contributed by atoms with Gasteiger partial charge in [0.2, 0.25) is 0 Å². The van der Waals surface area contributed by atoms with Gasteiger partial charge in [-0.1, -0.05) is 43.7 Å². The van der Waals surface area contributed by atoms with Crippen molar-refractivity contribution in [2.45, 2.75) is 46.6 Å². The van der Waals surface area contributed by atoms with Gasteiger partial charge in [0.05, 0.1) is 6.07 Å². The molecular formula is C16H24N2. The Balaban J connectivity index is 2.51. The first-order chi connectivity index (χ1) is 8.44. The largest absolute Gasteiger partial charge is 0.310 e. The number of nitriles is 1. The summed E-state index contributed by atoms with van der Waals surface area (Å²) in [6.07, 6.45) is 1.57. The maximum Gasteiger partial charge on any atom is 0.0621 e. The van der Waals surface area contributed by atoms with Crippen LogP contribution in [0.15, 0.2) is 24.3 Å². The predicted octanol–water partition coefficient (Wildman–Crippen LogP) is 3.98. The fraction of sp³-hybridized carbons (Fsp3) is 0.562. The molecule has 0 heterocycles. The lowest BCUT2D eigenvalue weighted by atomic mass is 9.87. The van der Waals surface area contributed by atoms with Crippen molar-refractivity contribution in [3.05, 3.63) is 35.4 Å². The molecule has 0 aliphatic heterocycles. The van der Waals surface area contributed by atoms with E-state index in [9.17, 15) is 0 Å². The van der Waals surface area contributed by atoms with Gasteiger partial charge in [-0.25, -0.2) is 0 Å². The van der Waals surface area contributed by atoms with Gasteiger partial charge in [-0.15, -0.1) is 0 Å². The van der Waals surface area contributed by atoms with Gasteiger partial charge in [-0.2, -0.15) is 5.26 Å². The summed E-state index contributed by atoms with van der Waals surface area (Å²) in [5, 5.41) is 12.2. The van der Waals surface area contributed by atoms with Crippen molar-refractivity contribution in [2.75, 3.05) is 6.54 Å². The number of hydrogen-bond donors (Lipinski definition) is 1. The molecule has 2 nitrogen and oxygen atoms in total. The third-order valence-electron chi connectivity index (χ3n) is 3.34. The van der Waals surface area contributed by atoms with E-state index in [1.165, 1.54) is 11.1 Å². The van der Waals surface area contributed by atoms with Gasteiger partial charge in [0.1, 0.15) is 0 Å². The predicted molar refractivity (Wildman–Crippen MR) is 76.2 cm³/mol. The smallest absolute Gasteiger partial charge is 0.0621 e. The molecule has 0 fully saturated rings. The first kappa shape index (κ1) is 14.7. The molecule has 1 rings (SSSR count). The molecule has 1 aromatic rings. The van der Waals surface area contributed by atoms with E-state index in [1.54, 1.807) is 0 Å². The number of rotatable bonds is 6. The highest BCUT2D eigenvalue weighted by Crippen LogP contribution is 2.22. The Hall–Kier alpha value is -1.33. The molecule has 0 saturated heterocycles. The molecule has 2 heteroatoms. The third-order valence-corrected chi connectivity index (χ3v) is 3.34. The topological polar surface area (TPSA) is 35.8 Å². The average molecular weight is 244 g/mol. The van der Waals surface area contributed by atoms with Crippen LogP contribution in [-0.4, -0.2) is 6.54 Å². The lowest BCUT2D eigenvalue weighted by Crippen LogP contribution is -2.31. The molecule has 0 bridgehead atoms. The molecule has 0 unspecified atom stereocenters. The van der Waals surface area contributed by atoms with Gasteiger partial charge in [0, 0.05) is 19.0 Å². The summed E-state index contributed by atoms with van der Waals surface area (Å²) in [5.74, 6) is 0. The van der Waals surface area contributed by atoms with Crippen molar-refractivity contribution in [1.82, 2.24) is 5.32 Å². The first-order valence-corrected chi connectivity index (χ1v) is 6.61. The minimum Gasteiger partial charge on any atom is -0.310 e. The zero-order valence-corrected chi connectivity index (χ0v) is 12.0. The van der Waals surface area contributed by atoms with Crippen molar-refractivity contribution in [3.8, 4) is 6.07 Å². The van der Waals surface area contributed by atoms with Crippen LogP contribution in [0.1, 0.15) is 50.8 Å². The fourth-order valence-electron chi connectivity index (χ4n) is 1.97. The Kier molecular flexibility index (Phi) is 5.37. The van der Waals surface area contributed by atoms with Gasteiger partial charge in [0.25, 0.3) is 0 Å². The van der Waals surface area contributed by atoms with E-state index in [0.29, 0.717) is 12.5 Å². The van der Waals surface area contributed by atoms with E-state index < -0.39 is 0 Å². The minimum absolute atomic E-state index is 0.174. The van der Waals surface area contributed by atoms with E-state index in [-0.39, 0.29) is 5.41 Å². The molecule has 0 saturated carbocycles. The molecule has 1 N–H and O–H groups in total. The SMILES string of the molecule is Cc1cccc([C@@H](C)NCC(C)(C)CCC#N)c1. The summed E-state index contributed by atoms with van der Waals surface area (Å²) in [6, 6.07) is 11.2. The van der Waals surface area contributed by atoms with Crippen molar-refractivity contribution < 1.29 is 0 Å². The Labute approximate surface area is 111 Å². The van der Waals surface area contributed by atoms with Gasteiger partial charge >= 0.3 is 0 Å². The van der Waals surface area contributed by atoms with E-state index in [2.05, 4.69) is 63.3 Å². The van der Waals surface area contributed by atoms with Crippen molar-refractivity contribution >= 4 is 0 Å². The van der Waals surface area contributed by atoms with Gasteiger partial charge in [-0.3, -0.25) is 0 Å². The van der Waals surface area contributed by atoms with Crippen LogP contribution in [0, 0.1) is 23.7 Å². The summed E-state index contributed by atoms with van der Waals surface area (Å²) in [5.41, 5.74) is 2.80. The van der Waals surface area contributed by atoms with E-state index in [0.717, 1.165) is 13.0 Å². The molecule has 0 aliphatic rings. The molecule has 1 atom stereocenters. The molecule has 18 heavy (non-hydrogen) atoms. The monoisotopic (exact) mass is 244 g/mol. The standard InChI is InChI=1S/C16H24N2/c1-13-7-5-8-15(11-13)14(2)18-12-16(3,4)9-6-10-17/h5,7-8,11,14,18H,6,9,12H2,1-4H3/t14-/m1/s1. The highest BCUT2D eigenvalue weighted by molar-refractivity contribution is 5.24. The summed E-state index contributed by atoms with van der Waals surface area (Å²) < 4.78 is 0. The molecule has 0 aromatic heterocycles. The van der Waals surface area contributed by atoms with Crippen molar-refractivity contribution in [3.63, 3.8) is 0 Å². The van der Waals surface area contributed by atoms with Crippen LogP contribution in [-0.2, 0) is 0 Å². The molecule has 0 spiro atoms. The minimum atomic E-state index is 0.174. The van der Waals surface area contributed by atoms with E-state index in [4.69, 9.17) is 5.26 Å². The third kappa shape index (κ3) is 4.89. The van der Waals surface area contributed by atoms with Gasteiger partial charge < -0.3 is 5.32 Å². The van der Waals surface area contributed by atoms with Crippen LogP contribution < -0.4 is 5.32 Å². The second-order valence-corrected chi connectivity index (χ2v) is 5.84. The van der Waals surface area contributed by atoms with Crippen LogP contribution in [0.4, 0.5) is 0 Å². The number of nitrogens with one attached hydrogen (secondary N) is 1. The van der Waals surface area contributed by atoms with Crippen molar-refractivity contribution in [2.24, 2.45) is 5.41 Å². The van der Waals surface area contributed by atoms with Crippen LogP contribution >= 0.6 is 0 Å². The maximum atomic E-state index is 8.65. The summed E-state index contributed by atoms with van der Waals surface area (Å²) in [7, 11) is 0.